The Morgan fingerprint density at radius 1 is 0.643 bits per heavy atom. The molecule has 0 spiro atoms. The van der Waals surface area contributed by atoms with Crippen LogP contribution in [0.3, 0.4) is 0 Å². The van der Waals surface area contributed by atoms with Crippen molar-refractivity contribution in [1.29, 1.82) is 0 Å². The summed E-state index contributed by atoms with van der Waals surface area (Å²) in [6.45, 7) is 3.87. The summed E-state index contributed by atoms with van der Waals surface area (Å²) in [5.41, 5.74) is -6.43. The van der Waals surface area contributed by atoms with Crippen molar-refractivity contribution in [1.82, 2.24) is 0 Å². The minimum Gasteiger partial charge on any atom is -0.493 e. The maximum absolute atomic E-state index is 15.2. The van der Waals surface area contributed by atoms with Gasteiger partial charge in [0, 0.05) is 5.41 Å². The largest absolute Gasteiger partial charge is 0.523 e. The molecule has 1 aliphatic rings. The topological polar surface area (TPSA) is 46.2 Å². The van der Waals surface area contributed by atoms with Gasteiger partial charge in [-0.15, -0.1) is 13.2 Å². The van der Waals surface area contributed by atoms with Crippen molar-refractivity contribution in [2.75, 3.05) is 7.11 Å². The molecule has 0 saturated carbocycles. The van der Waals surface area contributed by atoms with E-state index in [1.807, 2.05) is 0 Å². The van der Waals surface area contributed by atoms with Crippen LogP contribution < -0.4 is 14.2 Å². The molecular weight excluding hydrogens is 566 g/mol. The summed E-state index contributed by atoms with van der Waals surface area (Å²) < 4.78 is 117. The van der Waals surface area contributed by atoms with Gasteiger partial charge in [0.2, 0.25) is 0 Å². The number of para-hydroxylation sites is 3. The number of benzene rings is 3. The van der Waals surface area contributed by atoms with Crippen LogP contribution in [-0.4, -0.2) is 31.4 Å². The Labute approximate surface area is 238 Å². The Morgan fingerprint density at radius 3 is 1.50 bits per heavy atom. The molecule has 4 rings (SSSR count). The van der Waals surface area contributed by atoms with Gasteiger partial charge in [-0.1, -0.05) is 75.4 Å². The quantitative estimate of drug-likeness (QED) is 0.245. The number of alkyl halides is 6. The van der Waals surface area contributed by atoms with Gasteiger partial charge in [-0.25, -0.2) is 0 Å². The molecule has 42 heavy (non-hydrogen) atoms. The van der Waals surface area contributed by atoms with Crippen molar-refractivity contribution in [3.63, 3.8) is 0 Å². The molecule has 3 aromatic rings. The lowest BCUT2D eigenvalue weighted by atomic mass is 9.67. The third kappa shape index (κ3) is 6.35. The molecule has 0 bridgehead atoms. The molecule has 2 atom stereocenters. The Morgan fingerprint density at radius 2 is 1.10 bits per heavy atom. The Balaban J connectivity index is 2.16. The monoisotopic (exact) mass is 594 g/mol. The number of methoxy groups -OCH3 is 1. The van der Waals surface area contributed by atoms with Gasteiger partial charge in [0.05, 0.1) is 7.11 Å². The maximum Gasteiger partial charge on any atom is 0.523 e. The molecule has 224 valence electrons. The lowest BCUT2D eigenvalue weighted by Crippen LogP contribution is -2.64. The standard InChI is InChI=1S/C31H28F6O5/c1-28(2,3)29(42-31(35,36)37)26(40-21-16-10-6-11-17-21)23(30(32,33)34)24(39-20-14-8-5-9-15-20)25(38-4)27(29)41-22-18-12-7-13-19-22/h5-19,27H,1-4H3. The summed E-state index contributed by atoms with van der Waals surface area (Å²) in [7, 11) is 1.02. The summed E-state index contributed by atoms with van der Waals surface area (Å²) in [5, 5.41) is 0. The van der Waals surface area contributed by atoms with Crippen molar-refractivity contribution >= 4 is 0 Å². The van der Waals surface area contributed by atoms with Crippen LogP contribution >= 0.6 is 0 Å². The van der Waals surface area contributed by atoms with E-state index >= 15 is 13.2 Å². The van der Waals surface area contributed by atoms with Crippen LogP contribution in [0.25, 0.3) is 0 Å². The van der Waals surface area contributed by atoms with E-state index < -0.39 is 52.5 Å². The fraction of sp³-hybridized carbons (Fsp3) is 0.290. The minimum atomic E-state index is -5.45. The van der Waals surface area contributed by atoms with E-state index in [1.165, 1.54) is 81.4 Å². The highest BCUT2D eigenvalue weighted by molar-refractivity contribution is 5.51. The van der Waals surface area contributed by atoms with E-state index in [-0.39, 0.29) is 17.2 Å². The molecule has 0 amide bonds. The maximum atomic E-state index is 15.2. The number of hydrogen-bond acceptors (Lipinski definition) is 5. The minimum absolute atomic E-state index is 0.0324. The Kier molecular flexibility index (Phi) is 8.54. The zero-order valence-corrected chi connectivity index (χ0v) is 23.0. The molecule has 0 aromatic heterocycles. The summed E-state index contributed by atoms with van der Waals surface area (Å²) in [6.07, 6.45) is -12.8. The van der Waals surface area contributed by atoms with E-state index in [4.69, 9.17) is 23.7 Å². The number of halogens is 6. The number of allylic oxidation sites excluding steroid dienone is 1. The molecule has 0 heterocycles. The predicted octanol–water partition coefficient (Wildman–Crippen LogP) is 8.60. The van der Waals surface area contributed by atoms with Crippen LogP contribution in [0.2, 0.25) is 0 Å². The fourth-order valence-electron chi connectivity index (χ4n) is 4.67. The van der Waals surface area contributed by atoms with Crippen LogP contribution in [0.5, 0.6) is 17.2 Å². The van der Waals surface area contributed by atoms with Gasteiger partial charge in [-0.2, -0.15) is 13.2 Å². The van der Waals surface area contributed by atoms with Gasteiger partial charge in [0.25, 0.3) is 0 Å². The van der Waals surface area contributed by atoms with Crippen LogP contribution in [-0.2, 0) is 9.47 Å². The highest BCUT2D eigenvalue weighted by Crippen LogP contribution is 2.56. The van der Waals surface area contributed by atoms with Crippen LogP contribution in [0.15, 0.2) is 114 Å². The third-order valence-corrected chi connectivity index (χ3v) is 6.44. The highest BCUT2D eigenvalue weighted by Gasteiger charge is 2.68. The first kappa shape index (κ1) is 30.8. The molecule has 0 aliphatic heterocycles. The second-order valence-electron chi connectivity index (χ2n) is 10.3. The second-order valence-corrected chi connectivity index (χ2v) is 10.3. The van der Waals surface area contributed by atoms with Gasteiger partial charge in [-0.3, -0.25) is 4.74 Å². The smallest absolute Gasteiger partial charge is 0.493 e. The molecule has 0 N–H and O–H groups in total. The zero-order valence-electron chi connectivity index (χ0n) is 23.0. The van der Waals surface area contributed by atoms with E-state index in [2.05, 4.69) is 0 Å². The molecule has 3 aromatic carbocycles. The fourth-order valence-corrected chi connectivity index (χ4v) is 4.67. The van der Waals surface area contributed by atoms with Crippen molar-refractivity contribution in [3.8, 4) is 17.2 Å². The summed E-state index contributed by atoms with van der Waals surface area (Å²) in [6, 6.07) is 22.2. The van der Waals surface area contributed by atoms with E-state index in [0.29, 0.717) is 0 Å². The first-order chi connectivity index (χ1) is 19.7. The normalized spacial score (nSPS) is 19.9. The summed E-state index contributed by atoms with van der Waals surface area (Å²) in [4.78, 5) is 0. The van der Waals surface area contributed by atoms with Gasteiger partial charge >= 0.3 is 12.5 Å². The van der Waals surface area contributed by atoms with Gasteiger partial charge < -0.3 is 18.9 Å². The van der Waals surface area contributed by atoms with E-state index in [9.17, 15) is 13.2 Å². The van der Waals surface area contributed by atoms with E-state index in [0.717, 1.165) is 7.11 Å². The van der Waals surface area contributed by atoms with Gasteiger partial charge in [0.1, 0.15) is 22.8 Å². The molecule has 11 heteroatoms. The molecule has 2 unspecified atom stereocenters. The first-order valence-electron chi connectivity index (χ1n) is 12.7. The molecule has 0 radical (unpaired) electrons. The highest BCUT2D eigenvalue weighted by atomic mass is 19.4. The van der Waals surface area contributed by atoms with Crippen LogP contribution in [0, 0.1) is 5.41 Å². The number of hydrogen-bond donors (Lipinski definition) is 0. The molecule has 0 saturated heterocycles. The zero-order chi connectivity index (χ0) is 30.8. The molecule has 5 nitrogen and oxygen atoms in total. The third-order valence-electron chi connectivity index (χ3n) is 6.44. The van der Waals surface area contributed by atoms with Crippen molar-refractivity contribution in [2.45, 2.75) is 45.0 Å². The number of ether oxygens (including phenoxy) is 5. The van der Waals surface area contributed by atoms with Gasteiger partial charge in [-0.05, 0) is 36.4 Å². The first-order valence-corrected chi connectivity index (χ1v) is 12.7. The average Bonchev–Trinajstić information content (AvgIpc) is 2.90. The molecule has 1 aliphatic carbocycles. The Hall–Kier alpha value is -4.12. The number of rotatable bonds is 8. The summed E-state index contributed by atoms with van der Waals surface area (Å²) >= 11 is 0. The molecular formula is C31H28F6O5. The average molecular weight is 595 g/mol. The SMILES string of the molecule is COC1=C(Oc2ccccc2)C(C(F)(F)F)=C(Oc2ccccc2)C(OC(F)(F)F)(C(C)(C)C)C1Oc1ccccc1. The van der Waals surface area contributed by atoms with Crippen LogP contribution in [0.1, 0.15) is 20.8 Å². The van der Waals surface area contributed by atoms with E-state index in [1.54, 1.807) is 30.3 Å². The lowest BCUT2D eigenvalue weighted by molar-refractivity contribution is -0.389. The van der Waals surface area contributed by atoms with Crippen molar-refractivity contribution in [2.24, 2.45) is 5.41 Å². The Bertz CT molecular complexity index is 1410. The molecule has 0 fully saturated rings. The van der Waals surface area contributed by atoms with Gasteiger partial charge in [0.15, 0.2) is 29.0 Å². The van der Waals surface area contributed by atoms with Crippen molar-refractivity contribution < 1.29 is 50.0 Å². The summed E-state index contributed by atoms with van der Waals surface area (Å²) in [5.74, 6) is -3.01. The van der Waals surface area contributed by atoms with Crippen molar-refractivity contribution in [3.05, 3.63) is 114 Å². The predicted molar refractivity (Wildman–Crippen MR) is 141 cm³/mol. The second kappa shape index (κ2) is 11.6. The van der Waals surface area contributed by atoms with Crippen LogP contribution in [0.4, 0.5) is 26.3 Å². The lowest BCUT2D eigenvalue weighted by Gasteiger charge is -2.51.